The molecule has 0 aliphatic heterocycles. The van der Waals surface area contributed by atoms with E-state index in [1.165, 1.54) is 44.4 Å². The topological polar surface area (TPSA) is 96.6 Å². The van der Waals surface area contributed by atoms with Crippen LogP contribution in [0.25, 0.3) is 0 Å². The Morgan fingerprint density at radius 1 is 1.18 bits per heavy atom. The number of ketones is 1. The van der Waals surface area contributed by atoms with Gasteiger partial charge in [0.05, 0.1) is 27.1 Å². The number of thioether (sulfide) groups is 1. The van der Waals surface area contributed by atoms with Gasteiger partial charge in [0, 0.05) is 5.56 Å². The third kappa shape index (κ3) is 3.60. The minimum atomic E-state index is -0.0852. The number of hydrogen-bond acceptors (Lipinski definition) is 9. The fraction of sp³-hybridized carbons (Fsp3) is 0.308. The molecule has 0 aliphatic carbocycles. The number of benzene rings is 1. The molecular weight excluding hydrogens is 326 g/mol. The largest absolute Gasteiger partial charge is 0.493 e. The quantitative estimate of drug-likeness (QED) is 0.604. The lowest BCUT2D eigenvalue weighted by molar-refractivity contribution is 0.102. The third-order valence-corrected chi connectivity index (χ3v) is 4.62. The average molecular weight is 341 g/mol. The Morgan fingerprint density at radius 3 is 2.27 bits per heavy atom. The van der Waals surface area contributed by atoms with Crippen molar-refractivity contribution in [1.29, 1.82) is 0 Å². The monoisotopic (exact) mass is 341 g/mol. The predicted molar refractivity (Wildman–Crippen MR) is 85.5 cm³/mol. The van der Waals surface area contributed by atoms with E-state index in [2.05, 4.69) is 10.2 Å². The van der Waals surface area contributed by atoms with E-state index in [4.69, 9.17) is 19.9 Å². The van der Waals surface area contributed by atoms with Crippen molar-refractivity contribution in [2.75, 3.05) is 32.8 Å². The minimum absolute atomic E-state index is 0.0852. The molecular formula is C13H15N3O4S2. The van der Waals surface area contributed by atoms with E-state index in [1.807, 2.05) is 0 Å². The van der Waals surface area contributed by atoms with Crippen molar-refractivity contribution in [2.24, 2.45) is 0 Å². The van der Waals surface area contributed by atoms with Gasteiger partial charge in [-0.05, 0) is 12.1 Å². The SMILES string of the molecule is COc1cc(C(=O)CSc2nnc(N)s2)cc(OC)c1OC. The summed E-state index contributed by atoms with van der Waals surface area (Å²) in [4.78, 5) is 12.3. The molecule has 0 saturated heterocycles. The van der Waals surface area contributed by atoms with Crippen molar-refractivity contribution in [1.82, 2.24) is 10.2 Å². The van der Waals surface area contributed by atoms with Crippen LogP contribution in [-0.2, 0) is 0 Å². The first-order valence-electron chi connectivity index (χ1n) is 6.14. The number of ether oxygens (including phenoxy) is 3. The number of aromatic nitrogens is 2. The second kappa shape index (κ2) is 7.32. The van der Waals surface area contributed by atoms with Crippen molar-refractivity contribution < 1.29 is 19.0 Å². The summed E-state index contributed by atoms with van der Waals surface area (Å²) in [7, 11) is 4.52. The summed E-state index contributed by atoms with van der Waals surface area (Å²) < 4.78 is 16.3. The summed E-state index contributed by atoms with van der Waals surface area (Å²) in [6.45, 7) is 0. The summed E-state index contributed by atoms with van der Waals surface area (Å²) in [5, 5.41) is 7.94. The van der Waals surface area contributed by atoms with Gasteiger partial charge in [0.2, 0.25) is 10.9 Å². The smallest absolute Gasteiger partial charge is 0.203 e. The summed E-state index contributed by atoms with van der Waals surface area (Å²) >= 11 is 2.53. The van der Waals surface area contributed by atoms with E-state index in [0.717, 1.165) is 0 Å². The van der Waals surface area contributed by atoms with Crippen molar-refractivity contribution >= 4 is 34.0 Å². The molecule has 118 valence electrons. The maximum absolute atomic E-state index is 12.3. The van der Waals surface area contributed by atoms with Crippen LogP contribution in [0.4, 0.5) is 5.13 Å². The summed E-state index contributed by atoms with van der Waals surface area (Å²) in [6.07, 6.45) is 0. The molecule has 22 heavy (non-hydrogen) atoms. The number of nitrogens with two attached hydrogens (primary N) is 1. The van der Waals surface area contributed by atoms with Gasteiger partial charge >= 0.3 is 0 Å². The molecule has 0 amide bonds. The number of methoxy groups -OCH3 is 3. The Balaban J connectivity index is 2.18. The summed E-state index contributed by atoms with van der Waals surface area (Å²) in [5.41, 5.74) is 5.98. The van der Waals surface area contributed by atoms with Crippen molar-refractivity contribution in [3.05, 3.63) is 17.7 Å². The second-order valence-electron chi connectivity index (χ2n) is 4.03. The Labute approximate surface area is 135 Å². The Hall–Kier alpha value is -2.00. The first-order valence-corrected chi connectivity index (χ1v) is 7.94. The van der Waals surface area contributed by atoms with Crippen LogP contribution in [-0.4, -0.2) is 43.1 Å². The van der Waals surface area contributed by atoms with Gasteiger partial charge in [-0.25, -0.2) is 0 Å². The zero-order valence-electron chi connectivity index (χ0n) is 12.3. The van der Waals surface area contributed by atoms with Crippen LogP contribution in [0.3, 0.4) is 0 Å². The van der Waals surface area contributed by atoms with E-state index >= 15 is 0 Å². The lowest BCUT2D eigenvalue weighted by Gasteiger charge is -2.13. The van der Waals surface area contributed by atoms with Crippen LogP contribution in [0.1, 0.15) is 10.4 Å². The zero-order chi connectivity index (χ0) is 16.1. The zero-order valence-corrected chi connectivity index (χ0v) is 13.9. The number of rotatable bonds is 7. The predicted octanol–water partition coefficient (Wildman–Crippen LogP) is 2.12. The fourth-order valence-corrected chi connectivity index (χ4v) is 3.26. The van der Waals surface area contributed by atoms with Crippen LogP contribution < -0.4 is 19.9 Å². The molecule has 9 heteroatoms. The highest BCUT2D eigenvalue weighted by Crippen LogP contribution is 2.38. The third-order valence-electron chi connectivity index (χ3n) is 2.74. The molecule has 2 rings (SSSR count). The van der Waals surface area contributed by atoms with Crippen LogP contribution in [0.2, 0.25) is 0 Å². The first-order chi connectivity index (χ1) is 10.6. The lowest BCUT2D eigenvalue weighted by Crippen LogP contribution is -2.05. The number of Topliss-reactive ketones (excluding diaryl/α,β-unsaturated/α-hetero) is 1. The van der Waals surface area contributed by atoms with E-state index in [1.54, 1.807) is 12.1 Å². The number of nitrogens with zero attached hydrogens (tertiary/aromatic N) is 2. The normalized spacial score (nSPS) is 10.3. The molecule has 1 aromatic carbocycles. The molecule has 0 unspecified atom stereocenters. The molecule has 0 spiro atoms. The highest BCUT2D eigenvalue weighted by molar-refractivity contribution is 8.01. The van der Waals surface area contributed by atoms with E-state index in [-0.39, 0.29) is 11.5 Å². The van der Waals surface area contributed by atoms with Gasteiger partial charge in [-0.1, -0.05) is 23.1 Å². The van der Waals surface area contributed by atoms with Crippen molar-refractivity contribution in [2.45, 2.75) is 4.34 Å². The molecule has 0 aliphatic rings. The standard InChI is InChI=1S/C13H15N3O4S2/c1-18-9-4-7(5-10(19-2)11(9)20-3)8(17)6-21-13-16-15-12(14)22-13/h4-5H,6H2,1-3H3,(H2,14,15). The number of carbonyl (C=O) groups excluding carboxylic acids is 1. The van der Waals surface area contributed by atoms with Gasteiger partial charge in [0.25, 0.3) is 0 Å². The molecule has 0 fully saturated rings. The minimum Gasteiger partial charge on any atom is -0.493 e. The van der Waals surface area contributed by atoms with Gasteiger partial charge in [0.1, 0.15) is 0 Å². The Bertz CT molecular complexity index is 650. The van der Waals surface area contributed by atoms with E-state index in [0.29, 0.717) is 32.3 Å². The van der Waals surface area contributed by atoms with E-state index in [9.17, 15) is 4.79 Å². The molecule has 7 nitrogen and oxygen atoms in total. The lowest BCUT2D eigenvalue weighted by atomic mass is 10.1. The average Bonchev–Trinajstić information content (AvgIpc) is 2.96. The molecule has 0 saturated carbocycles. The van der Waals surface area contributed by atoms with Crippen molar-refractivity contribution in [3.8, 4) is 17.2 Å². The Morgan fingerprint density at radius 2 is 1.82 bits per heavy atom. The molecule has 0 bridgehead atoms. The van der Waals surface area contributed by atoms with Gasteiger partial charge in [-0.15, -0.1) is 10.2 Å². The van der Waals surface area contributed by atoms with Crippen LogP contribution in [0.15, 0.2) is 16.5 Å². The van der Waals surface area contributed by atoms with E-state index < -0.39 is 0 Å². The van der Waals surface area contributed by atoms with Crippen LogP contribution in [0, 0.1) is 0 Å². The van der Waals surface area contributed by atoms with Gasteiger partial charge in [0.15, 0.2) is 21.6 Å². The van der Waals surface area contributed by atoms with Gasteiger partial charge in [-0.3, -0.25) is 4.79 Å². The maximum Gasteiger partial charge on any atom is 0.203 e. The summed E-state index contributed by atoms with van der Waals surface area (Å²) in [5.74, 6) is 1.46. The summed E-state index contributed by atoms with van der Waals surface area (Å²) in [6, 6.07) is 3.25. The molecule has 2 aromatic rings. The first kappa shape index (κ1) is 16.4. The number of carbonyl (C=O) groups is 1. The highest BCUT2D eigenvalue weighted by Gasteiger charge is 2.17. The maximum atomic E-state index is 12.3. The molecule has 1 heterocycles. The van der Waals surface area contributed by atoms with Crippen LogP contribution >= 0.6 is 23.1 Å². The van der Waals surface area contributed by atoms with Gasteiger partial charge in [-0.2, -0.15) is 0 Å². The number of anilines is 1. The molecule has 0 atom stereocenters. The number of nitrogen functional groups attached to an aromatic ring is 1. The fourth-order valence-electron chi connectivity index (χ4n) is 1.73. The Kier molecular flexibility index (Phi) is 5.45. The molecule has 2 N–H and O–H groups in total. The second-order valence-corrected chi connectivity index (χ2v) is 6.26. The molecule has 0 radical (unpaired) electrons. The van der Waals surface area contributed by atoms with Crippen LogP contribution in [0.5, 0.6) is 17.2 Å². The molecule has 1 aromatic heterocycles. The van der Waals surface area contributed by atoms with Crippen molar-refractivity contribution in [3.63, 3.8) is 0 Å². The number of hydrogen-bond donors (Lipinski definition) is 1. The highest BCUT2D eigenvalue weighted by atomic mass is 32.2. The van der Waals surface area contributed by atoms with Gasteiger partial charge < -0.3 is 19.9 Å².